The fourth-order valence-corrected chi connectivity index (χ4v) is 1.57. The van der Waals surface area contributed by atoms with Crippen LogP contribution >= 0.6 is 0 Å². The number of benzene rings is 1. The summed E-state index contributed by atoms with van der Waals surface area (Å²) < 4.78 is 13.0. The maximum Gasteiger partial charge on any atom is 0.267 e. The molecule has 0 saturated heterocycles. The Hall–Kier alpha value is -1.88. The highest BCUT2D eigenvalue weighted by molar-refractivity contribution is 5.97. The van der Waals surface area contributed by atoms with Crippen molar-refractivity contribution in [1.82, 2.24) is 10.3 Å². The van der Waals surface area contributed by atoms with Gasteiger partial charge >= 0.3 is 0 Å². The fourth-order valence-electron chi connectivity index (χ4n) is 1.57. The van der Waals surface area contributed by atoms with Crippen LogP contribution in [-0.4, -0.2) is 23.5 Å². The van der Waals surface area contributed by atoms with Crippen LogP contribution in [0.15, 0.2) is 24.3 Å². The maximum atomic E-state index is 13.0. The van der Waals surface area contributed by atoms with Crippen molar-refractivity contribution in [2.45, 2.75) is 13.0 Å². The van der Waals surface area contributed by atoms with Gasteiger partial charge in [0.2, 0.25) is 0 Å². The van der Waals surface area contributed by atoms with Crippen LogP contribution in [0.25, 0.3) is 10.9 Å². The van der Waals surface area contributed by atoms with E-state index in [4.69, 9.17) is 5.73 Å². The van der Waals surface area contributed by atoms with Crippen molar-refractivity contribution in [3.63, 3.8) is 0 Å². The third-order valence-electron chi connectivity index (χ3n) is 2.41. The lowest BCUT2D eigenvalue weighted by molar-refractivity contribution is 0.0947. The zero-order valence-corrected chi connectivity index (χ0v) is 9.46. The van der Waals surface area contributed by atoms with Gasteiger partial charge in [-0.05, 0) is 31.2 Å². The summed E-state index contributed by atoms with van der Waals surface area (Å²) in [5.74, 6) is -0.557. The minimum absolute atomic E-state index is 0.0965. The largest absolute Gasteiger partial charge is 0.351 e. The van der Waals surface area contributed by atoms with Crippen LogP contribution in [0.5, 0.6) is 0 Å². The minimum Gasteiger partial charge on any atom is -0.351 e. The molecule has 90 valence electrons. The van der Waals surface area contributed by atoms with Gasteiger partial charge in [0.1, 0.15) is 11.5 Å². The first kappa shape index (κ1) is 11.6. The third-order valence-corrected chi connectivity index (χ3v) is 2.41. The average molecular weight is 235 g/mol. The van der Waals surface area contributed by atoms with Crippen LogP contribution in [0.1, 0.15) is 17.4 Å². The van der Waals surface area contributed by atoms with E-state index in [0.29, 0.717) is 17.6 Å². The quantitative estimate of drug-likeness (QED) is 0.752. The van der Waals surface area contributed by atoms with E-state index in [1.54, 1.807) is 19.1 Å². The third kappa shape index (κ3) is 2.62. The molecule has 0 bridgehead atoms. The van der Waals surface area contributed by atoms with Gasteiger partial charge in [-0.15, -0.1) is 0 Å². The van der Waals surface area contributed by atoms with Gasteiger partial charge in [-0.3, -0.25) is 4.79 Å². The molecule has 0 aliphatic heterocycles. The molecule has 1 amide bonds. The zero-order valence-electron chi connectivity index (χ0n) is 9.46. The van der Waals surface area contributed by atoms with Gasteiger partial charge in [0.05, 0.1) is 0 Å². The number of rotatable bonds is 3. The molecule has 1 atom stereocenters. The molecule has 0 saturated carbocycles. The van der Waals surface area contributed by atoms with Crippen LogP contribution in [0, 0.1) is 5.82 Å². The van der Waals surface area contributed by atoms with Crippen LogP contribution in [0.4, 0.5) is 4.39 Å². The molecule has 1 heterocycles. The topological polar surface area (TPSA) is 70.9 Å². The standard InChI is InChI=1S/C12H14FN3O/c1-7(14)6-15-12(17)11-5-8-4-9(13)2-3-10(8)16-11/h2-5,7,16H,6,14H2,1H3,(H,15,17). The van der Waals surface area contributed by atoms with Gasteiger partial charge in [-0.1, -0.05) is 0 Å². The molecule has 0 aliphatic carbocycles. The normalized spacial score (nSPS) is 12.6. The second-order valence-corrected chi connectivity index (χ2v) is 4.10. The Morgan fingerprint density at radius 3 is 3.00 bits per heavy atom. The van der Waals surface area contributed by atoms with Gasteiger partial charge in [0.15, 0.2) is 0 Å². The van der Waals surface area contributed by atoms with Gasteiger partial charge in [-0.25, -0.2) is 4.39 Å². The Morgan fingerprint density at radius 2 is 2.29 bits per heavy atom. The van der Waals surface area contributed by atoms with Crippen LogP contribution in [0.2, 0.25) is 0 Å². The number of hydrogen-bond acceptors (Lipinski definition) is 2. The Kier molecular flexibility index (Phi) is 3.10. The molecule has 0 fully saturated rings. The predicted molar refractivity (Wildman–Crippen MR) is 64.2 cm³/mol. The highest BCUT2D eigenvalue weighted by atomic mass is 19.1. The number of nitrogens with two attached hydrogens (primary N) is 1. The molecule has 4 nitrogen and oxygen atoms in total. The first-order valence-corrected chi connectivity index (χ1v) is 5.38. The summed E-state index contributed by atoms with van der Waals surface area (Å²) in [4.78, 5) is 14.6. The van der Waals surface area contributed by atoms with E-state index in [-0.39, 0.29) is 17.8 Å². The van der Waals surface area contributed by atoms with Crippen molar-refractivity contribution in [2.24, 2.45) is 5.73 Å². The van der Waals surface area contributed by atoms with Crippen LogP contribution in [0.3, 0.4) is 0 Å². The first-order chi connectivity index (χ1) is 8.06. The number of aromatic nitrogens is 1. The smallest absolute Gasteiger partial charge is 0.267 e. The number of halogens is 1. The number of fused-ring (bicyclic) bond motifs is 1. The molecule has 0 spiro atoms. The van der Waals surface area contributed by atoms with E-state index in [1.807, 2.05) is 0 Å². The predicted octanol–water partition coefficient (Wildman–Crippen LogP) is 1.38. The second kappa shape index (κ2) is 4.55. The first-order valence-electron chi connectivity index (χ1n) is 5.38. The number of nitrogens with one attached hydrogen (secondary N) is 2. The molecule has 0 aliphatic rings. The molecule has 2 aromatic rings. The lowest BCUT2D eigenvalue weighted by Gasteiger charge is -2.05. The molecule has 0 radical (unpaired) electrons. The molecule has 4 N–H and O–H groups in total. The Labute approximate surface area is 98.0 Å². The van der Waals surface area contributed by atoms with Crippen molar-refractivity contribution in [1.29, 1.82) is 0 Å². The van der Waals surface area contributed by atoms with Crippen LogP contribution < -0.4 is 11.1 Å². The number of hydrogen-bond donors (Lipinski definition) is 3. The van der Waals surface area contributed by atoms with E-state index >= 15 is 0 Å². The summed E-state index contributed by atoms with van der Waals surface area (Å²) in [7, 11) is 0. The maximum absolute atomic E-state index is 13.0. The van der Waals surface area contributed by atoms with Gasteiger partial charge in [0.25, 0.3) is 5.91 Å². The molecule has 2 rings (SSSR count). The monoisotopic (exact) mass is 235 g/mol. The summed E-state index contributed by atoms with van der Waals surface area (Å²) in [6.07, 6.45) is 0. The Balaban J connectivity index is 2.21. The summed E-state index contributed by atoms with van der Waals surface area (Å²) in [5, 5.41) is 3.36. The zero-order chi connectivity index (χ0) is 12.4. The highest BCUT2D eigenvalue weighted by Crippen LogP contribution is 2.16. The highest BCUT2D eigenvalue weighted by Gasteiger charge is 2.09. The molecular formula is C12H14FN3O. The molecular weight excluding hydrogens is 221 g/mol. The molecule has 17 heavy (non-hydrogen) atoms. The summed E-state index contributed by atoms with van der Waals surface area (Å²) in [6.45, 7) is 2.21. The second-order valence-electron chi connectivity index (χ2n) is 4.10. The van der Waals surface area contributed by atoms with E-state index in [9.17, 15) is 9.18 Å². The van der Waals surface area contributed by atoms with Gasteiger partial charge in [0, 0.05) is 23.5 Å². The summed E-state index contributed by atoms with van der Waals surface area (Å²) >= 11 is 0. The number of aromatic amines is 1. The molecule has 5 heteroatoms. The summed E-state index contributed by atoms with van der Waals surface area (Å²) in [5.41, 5.74) is 6.68. The van der Waals surface area contributed by atoms with Crippen molar-refractivity contribution < 1.29 is 9.18 Å². The molecule has 1 aromatic carbocycles. The number of carbonyl (C=O) groups is 1. The van der Waals surface area contributed by atoms with E-state index < -0.39 is 0 Å². The molecule has 1 unspecified atom stereocenters. The van der Waals surface area contributed by atoms with Crippen LogP contribution in [-0.2, 0) is 0 Å². The van der Waals surface area contributed by atoms with Crippen molar-refractivity contribution in [3.8, 4) is 0 Å². The van der Waals surface area contributed by atoms with Gasteiger partial charge < -0.3 is 16.0 Å². The number of H-pyrrole nitrogens is 1. The summed E-state index contributed by atoms with van der Waals surface area (Å²) in [6, 6.07) is 5.86. The van der Waals surface area contributed by atoms with E-state index in [0.717, 1.165) is 5.52 Å². The van der Waals surface area contributed by atoms with Crippen molar-refractivity contribution in [3.05, 3.63) is 35.8 Å². The minimum atomic E-state index is -0.320. The SMILES string of the molecule is CC(N)CNC(=O)c1cc2cc(F)ccc2[nH]1. The van der Waals surface area contributed by atoms with E-state index in [2.05, 4.69) is 10.3 Å². The lowest BCUT2D eigenvalue weighted by atomic mass is 10.2. The number of amides is 1. The molecule has 1 aromatic heterocycles. The number of carbonyl (C=O) groups excluding carboxylic acids is 1. The van der Waals surface area contributed by atoms with Crippen molar-refractivity contribution in [2.75, 3.05) is 6.54 Å². The lowest BCUT2D eigenvalue weighted by Crippen LogP contribution is -2.35. The van der Waals surface area contributed by atoms with Crippen molar-refractivity contribution >= 4 is 16.8 Å². The van der Waals surface area contributed by atoms with E-state index in [1.165, 1.54) is 12.1 Å². The average Bonchev–Trinajstić information content (AvgIpc) is 2.68. The Bertz CT molecular complexity index is 548. The Morgan fingerprint density at radius 1 is 1.53 bits per heavy atom. The van der Waals surface area contributed by atoms with Gasteiger partial charge in [-0.2, -0.15) is 0 Å². The fraction of sp³-hybridized carbons (Fsp3) is 0.250.